The summed E-state index contributed by atoms with van der Waals surface area (Å²) in [6.45, 7) is 0. The van der Waals surface area contributed by atoms with Crippen molar-refractivity contribution < 1.29 is 0 Å². The fraction of sp³-hybridized carbons (Fsp3) is 0. The molecule has 0 spiro atoms. The molecule has 6 nitrogen and oxygen atoms in total. The second kappa shape index (κ2) is 5.25. The molecule has 0 radical (unpaired) electrons. The molecule has 106 valence electrons. The zero-order chi connectivity index (χ0) is 14.8. The molecule has 2 aromatic carbocycles. The van der Waals surface area contributed by atoms with Crippen molar-refractivity contribution >= 4 is 0 Å². The van der Waals surface area contributed by atoms with Crippen molar-refractivity contribution in [3.05, 3.63) is 73.3 Å². The Balaban J connectivity index is 1.62. The van der Waals surface area contributed by atoms with E-state index in [-0.39, 0.29) is 0 Å². The van der Waals surface area contributed by atoms with Crippen LogP contribution in [0.2, 0.25) is 0 Å². The maximum absolute atomic E-state index is 3.98. The Hall–Kier alpha value is -3.28. The van der Waals surface area contributed by atoms with Crippen molar-refractivity contribution in [2.24, 2.45) is 0 Å². The fourth-order valence-electron chi connectivity index (χ4n) is 2.31. The summed E-state index contributed by atoms with van der Waals surface area (Å²) in [5, 5.41) is 15.6. The monoisotopic (exact) mass is 288 g/mol. The van der Waals surface area contributed by atoms with Crippen molar-refractivity contribution in [2.75, 3.05) is 0 Å². The summed E-state index contributed by atoms with van der Waals surface area (Å²) < 4.78 is 3.47. The van der Waals surface area contributed by atoms with Gasteiger partial charge >= 0.3 is 0 Å². The molecular formula is C16H12N6. The molecule has 2 heterocycles. The number of benzene rings is 2. The van der Waals surface area contributed by atoms with Gasteiger partial charge in [-0.2, -0.15) is 0 Å². The summed E-state index contributed by atoms with van der Waals surface area (Å²) in [7, 11) is 0. The molecule has 6 heteroatoms. The molecule has 4 rings (SSSR count). The molecule has 0 N–H and O–H groups in total. The van der Waals surface area contributed by atoms with E-state index in [1.54, 1.807) is 21.8 Å². The average Bonchev–Trinajstić information content (AvgIpc) is 3.29. The Morgan fingerprint density at radius 3 is 1.27 bits per heavy atom. The van der Waals surface area contributed by atoms with Crippen LogP contribution >= 0.6 is 0 Å². The summed E-state index contributed by atoms with van der Waals surface area (Å²) in [6.07, 6.45) is 6.97. The minimum Gasteiger partial charge on any atom is -0.221 e. The first-order valence-electron chi connectivity index (χ1n) is 6.84. The highest BCUT2D eigenvalue weighted by Crippen LogP contribution is 2.22. The number of rotatable bonds is 3. The first-order valence-corrected chi connectivity index (χ1v) is 6.84. The Bertz CT molecular complexity index is 770. The number of hydrogen-bond donors (Lipinski definition) is 0. The highest BCUT2D eigenvalue weighted by atomic mass is 15.4. The van der Waals surface area contributed by atoms with Gasteiger partial charge in [0.2, 0.25) is 0 Å². The van der Waals surface area contributed by atoms with Crippen molar-refractivity contribution in [1.82, 2.24) is 30.0 Å². The zero-order valence-corrected chi connectivity index (χ0v) is 11.6. The van der Waals surface area contributed by atoms with Gasteiger partial charge < -0.3 is 0 Å². The molecule has 0 unspecified atom stereocenters. The average molecular weight is 288 g/mol. The molecule has 0 saturated heterocycles. The van der Waals surface area contributed by atoms with Gasteiger partial charge in [0.1, 0.15) is 0 Å². The van der Waals surface area contributed by atoms with Crippen LogP contribution in [0.4, 0.5) is 0 Å². The Morgan fingerprint density at radius 1 is 0.545 bits per heavy atom. The van der Waals surface area contributed by atoms with E-state index in [0.29, 0.717) is 0 Å². The summed E-state index contributed by atoms with van der Waals surface area (Å²) in [4.78, 5) is 0. The van der Waals surface area contributed by atoms with Crippen LogP contribution in [-0.4, -0.2) is 30.0 Å². The molecule has 0 saturated carbocycles. The third-order valence-corrected chi connectivity index (χ3v) is 3.44. The van der Waals surface area contributed by atoms with Crippen LogP contribution in [0, 0.1) is 0 Å². The van der Waals surface area contributed by atoms with Crippen LogP contribution in [0.5, 0.6) is 0 Å². The molecule has 0 aliphatic rings. The van der Waals surface area contributed by atoms with Crippen molar-refractivity contribution in [1.29, 1.82) is 0 Å². The molecule has 0 aliphatic heterocycles. The summed E-state index contributed by atoms with van der Waals surface area (Å²) >= 11 is 0. The van der Waals surface area contributed by atoms with E-state index in [2.05, 4.69) is 44.9 Å². The topological polar surface area (TPSA) is 61.4 Å². The van der Waals surface area contributed by atoms with E-state index in [9.17, 15) is 0 Å². The van der Waals surface area contributed by atoms with Gasteiger partial charge in [-0.1, -0.05) is 34.7 Å². The Labute approximate surface area is 126 Å². The van der Waals surface area contributed by atoms with E-state index in [4.69, 9.17) is 0 Å². The summed E-state index contributed by atoms with van der Waals surface area (Å²) in [5.74, 6) is 0. The molecule has 0 amide bonds. The third kappa shape index (κ3) is 2.26. The lowest BCUT2D eigenvalue weighted by Gasteiger charge is -2.06. The van der Waals surface area contributed by atoms with Crippen LogP contribution in [0.3, 0.4) is 0 Å². The van der Waals surface area contributed by atoms with Crippen LogP contribution in [0.25, 0.3) is 22.5 Å². The van der Waals surface area contributed by atoms with Crippen molar-refractivity contribution in [3.63, 3.8) is 0 Å². The molecule has 4 aromatic rings. The second-order valence-corrected chi connectivity index (χ2v) is 4.79. The van der Waals surface area contributed by atoms with Gasteiger partial charge in [-0.05, 0) is 35.4 Å². The van der Waals surface area contributed by atoms with Crippen LogP contribution in [-0.2, 0) is 0 Å². The number of nitrogens with zero attached hydrogens (tertiary/aromatic N) is 6. The SMILES string of the molecule is c1cn(-c2ccc(-c3ccc(-n4ccnn4)cc3)cc2)nn1. The fourth-order valence-corrected chi connectivity index (χ4v) is 2.31. The predicted octanol–water partition coefficient (Wildman–Crippen LogP) is 2.51. The van der Waals surface area contributed by atoms with Gasteiger partial charge in [-0.15, -0.1) is 10.2 Å². The molecule has 0 bridgehead atoms. The quantitative estimate of drug-likeness (QED) is 0.581. The number of aromatic nitrogens is 6. The lowest BCUT2D eigenvalue weighted by molar-refractivity contribution is 0.803. The normalized spacial score (nSPS) is 10.7. The highest BCUT2D eigenvalue weighted by Gasteiger charge is 2.02. The first kappa shape index (κ1) is 12.5. The Kier molecular flexibility index (Phi) is 2.97. The van der Waals surface area contributed by atoms with Crippen molar-refractivity contribution in [3.8, 4) is 22.5 Å². The maximum atomic E-state index is 3.98. The van der Waals surface area contributed by atoms with E-state index in [0.717, 1.165) is 22.5 Å². The standard InChI is InChI=1S/C16H12N6/c1-5-15(21-11-9-17-19-21)6-2-13(1)14-3-7-16(8-4-14)22-12-10-18-20-22/h1-12H. The molecule has 0 aliphatic carbocycles. The predicted molar refractivity (Wildman–Crippen MR) is 81.7 cm³/mol. The summed E-state index contributed by atoms with van der Waals surface area (Å²) in [5.41, 5.74) is 4.27. The first-order chi connectivity index (χ1) is 10.9. The van der Waals surface area contributed by atoms with Gasteiger partial charge in [0.05, 0.1) is 36.2 Å². The maximum Gasteiger partial charge on any atom is 0.0697 e. The van der Waals surface area contributed by atoms with Gasteiger partial charge in [0.25, 0.3) is 0 Å². The lowest BCUT2D eigenvalue weighted by atomic mass is 10.1. The van der Waals surface area contributed by atoms with E-state index in [1.807, 2.05) is 36.7 Å². The smallest absolute Gasteiger partial charge is 0.0697 e. The van der Waals surface area contributed by atoms with Gasteiger partial charge in [0, 0.05) is 0 Å². The second-order valence-electron chi connectivity index (χ2n) is 4.79. The van der Waals surface area contributed by atoms with Crippen LogP contribution in [0.1, 0.15) is 0 Å². The minimum atomic E-state index is 0.987. The Morgan fingerprint density at radius 2 is 0.955 bits per heavy atom. The molecule has 2 aromatic heterocycles. The molecule has 0 fully saturated rings. The molecule has 22 heavy (non-hydrogen) atoms. The van der Waals surface area contributed by atoms with Gasteiger partial charge in [0.15, 0.2) is 0 Å². The van der Waals surface area contributed by atoms with E-state index >= 15 is 0 Å². The van der Waals surface area contributed by atoms with E-state index < -0.39 is 0 Å². The van der Waals surface area contributed by atoms with Crippen LogP contribution < -0.4 is 0 Å². The van der Waals surface area contributed by atoms with Crippen LogP contribution in [0.15, 0.2) is 73.3 Å². The molecular weight excluding hydrogens is 276 g/mol. The summed E-state index contributed by atoms with van der Waals surface area (Å²) in [6, 6.07) is 16.4. The minimum absolute atomic E-state index is 0.987. The van der Waals surface area contributed by atoms with Crippen molar-refractivity contribution in [2.45, 2.75) is 0 Å². The largest absolute Gasteiger partial charge is 0.221 e. The lowest BCUT2D eigenvalue weighted by Crippen LogP contribution is -1.95. The highest BCUT2D eigenvalue weighted by molar-refractivity contribution is 5.65. The van der Waals surface area contributed by atoms with E-state index in [1.165, 1.54) is 0 Å². The number of hydrogen-bond acceptors (Lipinski definition) is 4. The van der Waals surface area contributed by atoms with Gasteiger partial charge in [-0.25, -0.2) is 9.36 Å². The molecule has 0 atom stereocenters. The third-order valence-electron chi connectivity index (χ3n) is 3.44. The van der Waals surface area contributed by atoms with Gasteiger partial charge in [-0.3, -0.25) is 0 Å². The zero-order valence-electron chi connectivity index (χ0n) is 11.6.